The summed E-state index contributed by atoms with van der Waals surface area (Å²) < 4.78 is 5.80. The molecule has 0 aliphatic rings. The van der Waals surface area contributed by atoms with Gasteiger partial charge in [-0.1, -0.05) is 30.3 Å². The number of phenols is 1. The maximum absolute atomic E-state index is 12.0. The Labute approximate surface area is 130 Å². The summed E-state index contributed by atoms with van der Waals surface area (Å²) in [5, 5.41) is 12.2. The second kappa shape index (κ2) is 7.50. The predicted octanol–water partition coefficient (Wildman–Crippen LogP) is 2.91. The average molecular weight is 299 g/mol. The number of hydrogen-bond acceptors (Lipinski definition) is 3. The van der Waals surface area contributed by atoms with Gasteiger partial charge < -0.3 is 15.2 Å². The molecule has 116 valence electrons. The van der Waals surface area contributed by atoms with Crippen LogP contribution in [-0.4, -0.2) is 23.2 Å². The number of amides is 1. The fourth-order valence-electron chi connectivity index (χ4n) is 2.04. The van der Waals surface area contributed by atoms with Gasteiger partial charge in [-0.15, -0.1) is 0 Å². The number of hydrogen-bond donors (Lipinski definition) is 2. The van der Waals surface area contributed by atoms with Crippen molar-refractivity contribution in [3.8, 4) is 11.5 Å². The van der Waals surface area contributed by atoms with Crippen LogP contribution in [0.3, 0.4) is 0 Å². The van der Waals surface area contributed by atoms with Crippen molar-refractivity contribution in [2.75, 3.05) is 0 Å². The van der Waals surface area contributed by atoms with Crippen LogP contribution in [0.2, 0.25) is 0 Å². The summed E-state index contributed by atoms with van der Waals surface area (Å²) in [4.78, 5) is 12.0. The lowest BCUT2D eigenvalue weighted by Gasteiger charge is -2.22. The van der Waals surface area contributed by atoms with Crippen molar-refractivity contribution in [2.45, 2.75) is 32.4 Å². The topological polar surface area (TPSA) is 58.6 Å². The number of aromatic hydroxyl groups is 1. The molecule has 2 N–H and O–H groups in total. The molecule has 0 aliphatic heterocycles. The molecule has 2 aromatic rings. The predicted molar refractivity (Wildman–Crippen MR) is 85.9 cm³/mol. The lowest BCUT2D eigenvalue weighted by molar-refractivity contribution is -0.121. The van der Waals surface area contributed by atoms with Crippen molar-refractivity contribution < 1.29 is 14.6 Å². The first-order valence-electron chi connectivity index (χ1n) is 7.33. The Hall–Kier alpha value is -2.49. The van der Waals surface area contributed by atoms with Crippen LogP contribution in [0.4, 0.5) is 0 Å². The zero-order valence-electron chi connectivity index (χ0n) is 12.8. The summed E-state index contributed by atoms with van der Waals surface area (Å²) >= 11 is 0. The molecule has 2 rings (SSSR count). The SMILES string of the molecule is C[C@H](NC(=O)Cc1ccc(O)cc1)[C@@H](C)Oc1ccccc1. The number of ether oxygens (including phenoxy) is 1. The Morgan fingerprint density at radius 3 is 2.36 bits per heavy atom. The maximum Gasteiger partial charge on any atom is 0.224 e. The smallest absolute Gasteiger partial charge is 0.224 e. The minimum Gasteiger partial charge on any atom is -0.508 e. The number of rotatable bonds is 6. The summed E-state index contributed by atoms with van der Waals surface area (Å²) in [6.07, 6.45) is 0.147. The highest BCUT2D eigenvalue weighted by Gasteiger charge is 2.16. The molecule has 4 heteroatoms. The second-order valence-electron chi connectivity index (χ2n) is 5.34. The van der Waals surface area contributed by atoms with Crippen molar-refractivity contribution in [1.82, 2.24) is 5.32 Å². The Balaban J connectivity index is 1.83. The fourth-order valence-corrected chi connectivity index (χ4v) is 2.04. The van der Waals surface area contributed by atoms with Crippen LogP contribution < -0.4 is 10.1 Å². The minimum absolute atomic E-state index is 0.0679. The quantitative estimate of drug-likeness (QED) is 0.862. The molecular weight excluding hydrogens is 278 g/mol. The number of benzene rings is 2. The van der Waals surface area contributed by atoms with E-state index in [9.17, 15) is 9.90 Å². The van der Waals surface area contributed by atoms with E-state index in [-0.39, 0.29) is 30.2 Å². The van der Waals surface area contributed by atoms with Gasteiger partial charge in [0.1, 0.15) is 17.6 Å². The van der Waals surface area contributed by atoms with Crippen LogP contribution in [-0.2, 0) is 11.2 Å². The zero-order chi connectivity index (χ0) is 15.9. The third-order valence-corrected chi connectivity index (χ3v) is 3.46. The molecule has 0 unspecified atom stereocenters. The normalized spacial score (nSPS) is 13.2. The third kappa shape index (κ3) is 4.81. The minimum atomic E-state index is -0.133. The van der Waals surface area contributed by atoms with Gasteiger partial charge in [0.2, 0.25) is 5.91 Å². The van der Waals surface area contributed by atoms with E-state index in [1.165, 1.54) is 0 Å². The number of para-hydroxylation sites is 1. The molecule has 2 aromatic carbocycles. The third-order valence-electron chi connectivity index (χ3n) is 3.46. The monoisotopic (exact) mass is 299 g/mol. The van der Waals surface area contributed by atoms with Crippen LogP contribution in [0.15, 0.2) is 54.6 Å². The highest BCUT2D eigenvalue weighted by molar-refractivity contribution is 5.78. The van der Waals surface area contributed by atoms with Crippen LogP contribution >= 0.6 is 0 Å². The molecule has 2 atom stereocenters. The van der Waals surface area contributed by atoms with Crippen LogP contribution in [0.1, 0.15) is 19.4 Å². The van der Waals surface area contributed by atoms with Gasteiger partial charge in [-0.05, 0) is 43.7 Å². The van der Waals surface area contributed by atoms with E-state index in [1.54, 1.807) is 24.3 Å². The Bertz CT molecular complexity index is 595. The summed E-state index contributed by atoms with van der Waals surface area (Å²) in [6.45, 7) is 3.85. The molecule has 0 saturated carbocycles. The summed E-state index contributed by atoms with van der Waals surface area (Å²) in [5.74, 6) is 0.916. The van der Waals surface area contributed by atoms with E-state index in [0.29, 0.717) is 0 Å². The van der Waals surface area contributed by atoms with Crippen molar-refractivity contribution in [2.24, 2.45) is 0 Å². The molecule has 0 aliphatic carbocycles. The first kappa shape index (κ1) is 15.9. The molecule has 0 fully saturated rings. The molecule has 1 amide bonds. The number of carbonyl (C=O) groups is 1. The van der Waals surface area contributed by atoms with Gasteiger partial charge in [0.15, 0.2) is 0 Å². The average Bonchev–Trinajstić information content (AvgIpc) is 2.50. The van der Waals surface area contributed by atoms with Crippen molar-refractivity contribution >= 4 is 5.91 Å². The summed E-state index contributed by atoms with van der Waals surface area (Å²) in [5.41, 5.74) is 0.860. The van der Waals surface area contributed by atoms with E-state index in [4.69, 9.17) is 4.74 Å². The van der Waals surface area contributed by atoms with Crippen molar-refractivity contribution in [1.29, 1.82) is 0 Å². The highest BCUT2D eigenvalue weighted by Crippen LogP contribution is 2.13. The van der Waals surface area contributed by atoms with Gasteiger partial charge in [0.25, 0.3) is 0 Å². The van der Waals surface area contributed by atoms with E-state index in [0.717, 1.165) is 11.3 Å². The van der Waals surface area contributed by atoms with E-state index in [2.05, 4.69) is 5.32 Å². The number of carbonyl (C=O) groups excluding carboxylic acids is 1. The Morgan fingerprint density at radius 1 is 1.09 bits per heavy atom. The molecule has 0 radical (unpaired) electrons. The van der Waals surface area contributed by atoms with E-state index >= 15 is 0 Å². The highest BCUT2D eigenvalue weighted by atomic mass is 16.5. The summed E-state index contributed by atoms with van der Waals surface area (Å²) in [7, 11) is 0. The molecule has 0 saturated heterocycles. The van der Waals surface area contributed by atoms with Gasteiger partial charge >= 0.3 is 0 Å². The van der Waals surface area contributed by atoms with Gasteiger partial charge in [-0.25, -0.2) is 0 Å². The molecule has 0 aromatic heterocycles. The van der Waals surface area contributed by atoms with Crippen LogP contribution in [0.5, 0.6) is 11.5 Å². The van der Waals surface area contributed by atoms with Crippen LogP contribution in [0, 0.1) is 0 Å². The van der Waals surface area contributed by atoms with E-state index in [1.807, 2.05) is 44.2 Å². The lowest BCUT2D eigenvalue weighted by Crippen LogP contribution is -2.43. The largest absolute Gasteiger partial charge is 0.508 e. The Kier molecular flexibility index (Phi) is 5.42. The van der Waals surface area contributed by atoms with Gasteiger partial charge in [-0.3, -0.25) is 4.79 Å². The molecule has 0 spiro atoms. The Morgan fingerprint density at radius 2 is 1.73 bits per heavy atom. The fraction of sp³-hybridized carbons (Fsp3) is 0.278. The van der Waals surface area contributed by atoms with Crippen LogP contribution in [0.25, 0.3) is 0 Å². The number of nitrogens with one attached hydrogen (secondary N) is 1. The molecule has 22 heavy (non-hydrogen) atoms. The number of phenolic OH excluding ortho intramolecular Hbond substituents is 1. The first-order valence-corrected chi connectivity index (χ1v) is 7.33. The molecule has 0 bridgehead atoms. The maximum atomic E-state index is 12.0. The van der Waals surface area contributed by atoms with Crippen molar-refractivity contribution in [3.63, 3.8) is 0 Å². The molecule has 0 heterocycles. The van der Waals surface area contributed by atoms with Crippen molar-refractivity contribution in [3.05, 3.63) is 60.2 Å². The van der Waals surface area contributed by atoms with Gasteiger partial charge in [0, 0.05) is 0 Å². The zero-order valence-corrected chi connectivity index (χ0v) is 12.8. The standard InChI is InChI=1S/C18H21NO3/c1-13(14(2)22-17-6-4-3-5-7-17)19-18(21)12-15-8-10-16(20)11-9-15/h3-11,13-14,20H,12H2,1-2H3,(H,19,21)/t13-,14+/m0/s1. The lowest BCUT2D eigenvalue weighted by atomic mass is 10.1. The van der Waals surface area contributed by atoms with Gasteiger partial charge in [0.05, 0.1) is 12.5 Å². The van der Waals surface area contributed by atoms with E-state index < -0.39 is 0 Å². The molecular formula is C18H21NO3. The molecule has 4 nitrogen and oxygen atoms in total. The summed E-state index contributed by atoms with van der Waals surface area (Å²) in [6, 6.07) is 16.1. The van der Waals surface area contributed by atoms with Gasteiger partial charge in [-0.2, -0.15) is 0 Å². The second-order valence-corrected chi connectivity index (χ2v) is 5.34. The first-order chi connectivity index (χ1) is 10.5.